The Bertz CT molecular complexity index is 815. The average Bonchev–Trinajstić information content (AvgIpc) is 2.62. The number of ether oxygens (including phenoxy) is 1. The number of para-hydroxylation sites is 1. The second-order valence-corrected chi connectivity index (χ2v) is 8.73. The molecule has 1 fully saturated rings. The Hall–Kier alpha value is -1.37. The van der Waals surface area contributed by atoms with E-state index in [-0.39, 0.29) is 0 Å². The first-order chi connectivity index (χ1) is 11.5. The lowest BCUT2D eigenvalue weighted by atomic mass is 9.89. The largest absolute Gasteiger partial charge is 0.496 e. The Morgan fingerprint density at radius 1 is 1.08 bits per heavy atom. The van der Waals surface area contributed by atoms with Crippen molar-refractivity contribution >= 4 is 26.0 Å². The Kier molecular flexibility index (Phi) is 5.27. The van der Waals surface area contributed by atoms with Gasteiger partial charge in [0.2, 0.25) is 10.0 Å². The van der Waals surface area contributed by atoms with Crippen LogP contribution in [0.1, 0.15) is 24.3 Å². The smallest absolute Gasteiger partial charge is 0.243 e. The summed E-state index contributed by atoms with van der Waals surface area (Å²) in [5.41, 5.74) is 1.17. The molecule has 2 aromatic carbocycles. The third kappa shape index (κ3) is 3.50. The van der Waals surface area contributed by atoms with Crippen LogP contribution in [0.3, 0.4) is 0 Å². The molecule has 0 N–H and O–H groups in total. The van der Waals surface area contributed by atoms with Crippen molar-refractivity contribution < 1.29 is 13.2 Å². The van der Waals surface area contributed by atoms with Crippen LogP contribution in [0.5, 0.6) is 5.75 Å². The summed E-state index contributed by atoms with van der Waals surface area (Å²) in [4.78, 5) is 0.340. The van der Waals surface area contributed by atoms with Crippen LogP contribution >= 0.6 is 15.9 Å². The van der Waals surface area contributed by atoms with Gasteiger partial charge in [-0.05, 0) is 48.6 Å². The SMILES string of the molecule is COc1ccccc1C1CCN(S(=O)(=O)c2cccc(Br)c2)CC1. The van der Waals surface area contributed by atoms with Crippen LogP contribution in [0.4, 0.5) is 0 Å². The fourth-order valence-corrected chi connectivity index (χ4v) is 5.25. The van der Waals surface area contributed by atoms with Crippen LogP contribution in [0.2, 0.25) is 0 Å². The van der Waals surface area contributed by atoms with Gasteiger partial charge in [-0.3, -0.25) is 0 Å². The van der Waals surface area contributed by atoms with Gasteiger partial charge in [0, 0.05) is 17.6 Å². The molecule has 24 heavy (non-hydrogen) atoms. The summed E-state index contributed by atoms with van der Waals surface area (Å²) >= 11 is 3.34. The molecule has 1 aliphatic rings. The number of piperidine rings is 1. The lowest BCUT2D eigenvalue weighted by Gasteiger charge is -2.32. The number of halogens is 1. The second-order valence-electron chi connectivity index (χ2n) is 5.88. The van der Waals surface area contributed by atoms with E-state index in [1.807, 2.05) is 24.3 Å². The van der Waals surface area contributed by atoms with Gasteiger partial charge in [0.05, 0.1) is 12.0 Å². The van der Waals surface area contributed by atoms with Gasteiger partial charge < -0.3 is 4.74 Å². The van der Waals surface area contributed by atoms with Crippen molar-refractivity contribution in [2.45, 2.75) is 23.7 Å². The molecule has 0 spiro atoms. The van der Waals surface area contributed by atoms with Gasteiger partial charge in [-0.1, -0.05) is 40.2 Å². The van der Waals surface area contributed by atoms with Gasteiger partial charge in [0.25, 0.3) is 0 Å². The predicted octanol–water partition coefficient (Wildman–Crippen LogP) is 4.03. The topological polar surface area (TPSA) is 46.6 Å². The van der Waals surface area contributed by atoms with Crippen LogP contribution in [0.25, 0.3) is 0 Å². The van der Waals surface area contributed by atoms with Gasteiger partial charge >= 0.3 is 0 Å². The fraction of sp³-hybridized carbons (Fsp3) is 0.333. The maximum absolute atomic E-state index is 12.8. The van der Waals surface area contributed by atoms with Crippen LogP contribution in [0.15, 0.2) is 57.9 Å². The number of hydrogen-bond donors (Lipinski definition) is 0. The maximum Gasteiger partial charge on any atom is 0.243 e. The van der Waals surface area contributed by atoms with E-state index in [4.69, 9.17) is 4.74 Å². The quantitative estimate of drug-likeness (QED) is 0.765. The molecule has 0 radical (unpaired) electrons. The van der Waals surface area contributed by atoms with E-state index in [1.54, 1.807) is 29.6 Å². The van der Waals surface area contributed by atoms with E-state index >= 15 is 0 Å². The van der Waals surface area contributed by atoms with Crippen molar-refractivity contribution in [2.24, 2.45) is 0 Å². The summed E-state index contributed by atoms with van der Waals surface area (Å²) in [5, 5.41) is 0. The van der Waals surface area contributed by atoms with E-state index in [9.17, 15) is 8.42 Å². The number of benzene rings is 2. The lowest BCUT2D eigenvalue weighted by Crippen LogP contribution is -2.37. The minimum atomic E-state index is -3.43. The predicted molar refractivity (Wildman–Crippen MR) is 97.9 cm³/mol. The van der Waals surface area contributed by atoms with E-state index in [2.05, 4.69) is 22.0 Å². The molecule has 1 aliphatic heterocycles. The highest BCUT2D eigenvalue weighted by atomic mass is 79.9. The van der Waals surface area contributed by atoms with Crippen LogP contribution in [-0.4, -0.2) is 32.9 Å². The molecule has 0 unspecified atom stereocenters. The second kappa shape index (κ2) is 7.25. The van der Waals surface area contributed by atoms with Crippen molar-refractivity contribution in [3.05, 3.63) is 58.6 Å². The van der Waals surface area contributed by atoms with Crippen molar-refractivity contribution in [3.8, 4) is 5.75 Å². The Morgan fingerprint density at radius 3 is 2.46 bits per heavy atom. The highest BCUT2D eigenvalue weighted by Crippen LogP contribution is 2.35. The number of sulfonamides is 1. The molecule has 6 heteroatoms. The molecular formula is C18H20BrNO3S. The first-order valence-corrected chi connectivity index (χ1v) is 10.1. The van der Waals surface area contributed by atoms with E-state index < -0.39 is 10.0 Å². The zero-order valence-corrected chi connectivity index (χ0v) is 15.9. The summed E-state index contributed by atoms with van der Waals surface area (Å²) in [7, 11) is -1.76. The molecule has 0 aromatic heterocycles. The molecule has 0 amide bonds. The highest BCUT2D eigenvalue weighted by molar-refractivity contribution is 9.10. The molecule has 0 atom stereocenters. The molecule has 4 nitrogen and oxygen atoms in total. The number of nitrogens with zero attached hydrogens (tertiary/aromatic N) is 1. The van der Waals surface area contributed by atoms with Crippen LogP contribution in [-0.2, 0) is 10.0 Å². The summed E-state index contributed by atoms with van der Waals surface area (Å²) in [6.45, 7) is 1.05. The number of methoxy groups -OCH3 is 1. The van der Waals surface area contributed by atoms with Gasteiger partial charge in [-0.2, -0.15) is 4.31 Å². The summed E-state index contributed by atoms with van der Waals surface area (Å²) in [6, 6.07) is 14.9. The summed E-state index contributed by atoms with van der Waals surface area (Å²) in [5.74, 6) is 1.21. The van der Waals surface area contributed by atoms with E-state index in [0.717, 1.165) is 23.1 Å². The first kappa shape index (κ1) is 17.5. The van der Waals surface area contributed by atoms with Crippen molar-refractivity contribution in [1.82, 2.24) is 4.31 Å². The summed E-state index contributed by atoms with van der Waals surface area (Å²) < 4.78 is 33.4. The van der Waals surface area contributed by atoms with Crippen molar-refractivity contribution in [2.75, 3.05) is 20.2 Å². The molecular weight excluding hydrogens is 390 g/mol. The lowest BCUT2D eigenvalue weighted by molar-refractivity contribution is 0.313. The highest BCUT2D eigenvalue weighted by Gasteiger charge is 2.30. The molecule has 0 saturated carbocycles. The third-order valence-electron chi connectivity index (χ3n) is 4.47. The standard InChI is InChI=1S/C18H20BrNO3S/c1-23-18-8-3-2-7-17(18)14-9-11-20(12-10-14)24(21,22)16-6-4-5-15(19)13-16/h2-8,13-14H,9-12H2,1H3. The summed E-state index contributed by atoms with van der Waals surface area (Å²) in [6.07, 6.45) is 1.60. The van der Waals surface area contributed by atoms with Crippen molar-refractivity contribution in [3.63, 3.8) is 0 Å². The van der Waals surface area contributed by atoms with Crippen molar-refractivity contribution in [1.29, 1.82) is 0 Å². The van der Waals surface area contributed by atoms with Crippen LogP contribution < -0.4 is 4.74 Å². The molecule has 128 valence electrons. The minimum absolute atomic E-state index is 0.329. The Morgan fingerprint density at radius 2 is 1.79 bits per heavy atom. The van der Waals surface area contributed by atoms with Crippen LogP contribution in [0, 0.1) is 0 Å². The first-order valence-electron chi connectivity index (χ1n) is 7.91. The molecule has 0 aliphatic carbocycles. The van der Waals surface area contributed by atoms with Gasteiger partial charge in [-0.25, -0.2) is 8.42 Å². The Balaban J connectivity index is 1.75. The average molecular weight is 410 g/mol. The minimum Gasteiger partial charge on any atom is -0.496 e. The zero-order valence-electron chi connectivity index (χ0n) is 13.5. The molecule has 1 saturated heterocycles. The van der Waals surface area contributed by atoms with E-state index in [1.165, 1.54) is 5.56 Å². The zero-order chi connectivity index (χ0) is 17.2. The molecule has 1 heterocycles. The maximum atomic E-state index is 12.8. The molecule has 2 aromatic rings. The molecule has 0 bridgehead atoms. The van der Waals surface area contributed by atoms with Gasteiger partial charge in [0.15, 0.2) is 0 Å². The Labute approximate surface area is 151 Å². The monoisotopic (exact) mass is 409 g/mol. The number of rotatable bonds is 4. The number of hydrogen-bond acceptors (Lipinski definition) is 3. The normalized spacial score (nSPS) is 16.9. The van der Waals surface area contributed by atoms with Gasteiger partial charge in [0.1, 0.15) is 5.75 Å². The van der Waals surface area contributed by atoms with E-state index in [0.29, 0.717) is 23.9 Å². The molecule has 3 rings (SSSR count). The van der Waals surface area contributed by atoms with Gasteiger partial charge in [-0.15, -0.1) is 0 Å². The third-order valence-corrected chi connectivity index (χ3v) is 6.85. The fourth-order valence-electron chi connectivity index (χ4n) is 3.19.